The first-order valence-corrected chi connectivity index (χ1v) is 14.7. The van der Waals surface area contributed by atoms with Gasteiger partial charge in [0.25, 0.3) is 0 Å². The van der Waals surface area contributed by atoms with Crippen molar-refractivity contribution in [2.75, 3.05) is 6.54 Å². The largest absolute Gasteiger partial charge is 0.281 e. The molecule has 0 aromatic heterocycles. The van der Waals surface area contributed by atoms with E-state index in [1.165, 1.54) is 67.2 Å². The number of hydrogen-bond donors (Lipinski definition) is 0. The maximum absolute atomic E-state index is 2.76. The lowest BCUT2D eigenvalue weighted by Crippen LogP contribution is -2.35. The topological polar surface area (TPSA) is 3.24 Å². The minimum absolute atomic E-state index is 0.175. The Morgan fingerprint density at radius 2 is 0.737 bits per heavy atom. The molecule has 1 nitrogen and oxygen atoms in total. The third-order valence-electron chi connectivity index (χ3n) is 7.57. The average Bonchev–Trinajstić information content (AvgIpc) is 2.96. The van der Waals surface area contributed by atoms with Crippen LogP contribution >= 0.6 is 0 Å². The number of nitrogens with zero attached hydrogens (tertiary/aromatic N) is 1. The molecule has 0 bridgehead atoms. The van der Waals surface area contributed by atoms with Crippen LogP contribution in [0.15, 0.2) is 121 Å². The van der Waals surface area contributed by atoms with Gasteiger partial charge in [-0.2, -0.15) is 0 Å². The summed E-state index contributed by atoms with van der Waals surface area (Å²) in [6, 6.07) is 44.7. The molecular weight excluding hydrogens is 458 g/mol. The summed E-state index contributed by atoms with van der Waals surface area (Å²) < 4.78 is 0. The zero-order valence-electron chi connectivity index (χ0n) is 23.4. The van der Waals surface area contributed by atoms with E-state index in [0.717, 1.165) is 12.5 Å². The Kier molecular flexibility index (Phi) is 11.2. The van der Waals surface area contributed by atoms with Crippen LogP contribution in [-0.2, 0) is 0 Å². The molecule has 0 saturated heterocycles. The molecule has 1 heteroatoms. The standard InChI is InChI=1S/C37H45N/c1-31(2)21-11-5-3-4-6-20-30-38(36(32-22-12-7-13-23-32)33-24-14-8-15-25-33)37(34-26-16-9-17-27-34)35-28-18-10-19-29-35/h7-10,12-19,22-29,31,36-37H,3-6,11,20-21,30H2,1-2H3. The summed E-state index contributed by atoms with van der Waals surface area (Å²) in [5.41, 5.74) is 5.40. The molecule has 0 saturated carbocycles. The summed E-state index contributed by atoms with van der Waals surface area (Å²) in [6.07, 6.45) is 9.27. The highest BCUT2D eigenvalue weighted by Crippen LogP contribution is 2.39. The van der Waals surface area contributed by atoms with E-state index in [-0.39, 0.29) is 12.1 Å². The molecule has 0 aliphatic heterocycles. The van der Waals surface area contributed by atoms with Gasteiger partial charge in [0.2, 0.25) is 0 Å². The summed E-state index contributed by atoms with van der Waals surface area (Å²) >= 11 is 0. The minimum Gasteiger partial charge on any atom is -0.281 e. The van der Waals surface area contributed by atoms with Gasteiger partial charge in [-0.25, -0.2) is 0 Å². The molecule has 0 N–H and O–H groups in total. The molecule has 0 fully saturated rings. The molecule has 0 aliphatic rings. The molecule has 0 amide bonds. The van der Waals surface area contributed by atoms with E-state index in [2.05, 4.69) is 140 Å². The van der Waals surface area contributed by atoms with Crippen LogP contribution in [0.3, 0.4) is 0 Å². The van der Waals surface area contributed by atoms with Gasteiger partial charge in [-0.05, 0) is 34.6 Å². The smallest absolute Gasteiger partial charge is 0.0610 e. The molecule has 0 radical (unpaired) electrons. The van der Waals surface area contributed by atoms with Crippen LogP contribution in [0.25, 0.3) is 0 Å². The number of unbranched alkanes of at least 4 members (excludes halogenated alkanes) is 5. The average molecular weight is 504 g/mol. The minimum atomic E-state index is 0.175. The van der Waals surface area contributed by atoms with E-state index in [1.54, 1.807) is 0 Å². The van der Waals surface area contributed by atoms with Crippen LogP contribution < -0.4 is 0 Å². The molecule has 0 atom stereocenters. The molecular formula is C37H45N. The van der Waals surface area contributed by atoms with Gasteiger partial charge in [0.1, 0.15) is 0 Å². The van der Waals surface area contributed by atoms with Gasteiger partial charge >= 0.3 is 0 Å². The van der Waals surface area contributed by atoms with E-state index in [1.807, 2.05) is 0 Å². The Hall–Kier alpha value is -3.16. The summed E-state index contributed by atoms with van der Waals surface area (Å²) in [5, 5.41) is 0. The Balaban J connectivity index is 1.65. The number of benzene rings is 4. The van der Waals surface area contributed by atoms with Crippen LogP contribution in [0.5, 0.6) is 0 Å². The zero-order valence-corrected chi connectivity index (χ0v) is 23.4. The molecule has 0 spiro atoms. The van der Waals surface area contributed by atoms with Gasteiger partial charge in [-0.15, -0.1) is 0 Å². The van der Waals surface area contributed by atoms with E-state index < -0.39 is 0 Å². The van der Waals surface area contributed by atoms with Crippen LogP contribution in [0.4, 0.5) is 0 Å². The fraction of sp³-hybridized carbons (Fsp3) is 0.351. The van der Waals surface area contributed by atoms with Gasteiger partial charge in [0.05, 0.1) is 12.1 Å². The van der Waals surface area contributed by atoms with E-state index in [0.29, 0.717) is 0 Å². The van der Waals surface area contributed by atoms with Crippen molar-refractivity contribution in [3.05, 3.63) is 144 Å². The fourth-order valence-corrected chi connectivity index (χ4v) is 5.65. The summed E-state index contributed by atoms with van der Waals surface area (Å²) in [5.74, 6) is 0.823. The first kappa shape index (κ1) is 27.9. The van der Waals surface area contributed by atoms with E-state index >= 15 is 0 Å². The highest BCUT2D eigenvalue weighted by molar-refractivity contribution is 5.37. The molecule has 198 valence electrons. The fourth-order valence-electron chi connectivity index (χ4n) is 5.65. The summed E-state index contributed by atoms with van der Waals surface area (Å²) in [7, 11) is 0. The van der Waals surface area contributed by atoms with Gasteiger partial charge < -0.3 is 0 Å². The number of hydrogen-bond acceptors (Lipinski definition) is 1. The van der Waals surface area contributed by atoms with Crippen molar-refractivity contribution >= 4 is 0 Å². The lowest BCUT2D eigenvalue weighted by Gasteiger charge is -2.39. The monoisotopic (exact) mass is 503 g/mol. The second-order valence-electron chi connectivity index (χ2n) is 11.0. The summed E-state index contributed by atoms with van der Waals surface area (Å²) in [4.78, 5) is 2.76. The third kappa shape index (κ3) is 8.17. The van der Waals surface area contributed by atoms with Gasteiger partial charge in [0.15, 0.2) is 0 Å². The van der Waals surface area contributed by atoms with Crippen molar-refractivity contribution < 1.29 is 0 Å². The first-order chi connectivity index (χ1) is 18.7. The van der Waals surface area contributed by atoms with Crippen LogP contribution in [0.1, 0.15) is 93.1 Å². The molecule has 38 heavy (non-hydrogen) atoms. The molecule has 4 rings (SSSR count). The Morgan fingerprint density at radius 3 is 1.08 bits per heavy atom. The lowest BCUT2D eigenvalue weighted by atomic mass is 9.90. The van der Waals surface area contributed by atoms with Gasteiger partial charge in [-0.3, -0.25) is 4.90 Å². The quantitative estimate of drug-likeness (QED) is 0.146. The molecule has 0 aliphatic carbocycles. The van der Waals surface area contributed by atoms with Crippen molar-refractivity contribution in [2.24, 2.45) is 5.92 Å². The van der Waals surface area contributed by atoms with Crippen LogP contribution in [-0.4, -0.2) is 11.4 Å². The Bertz CT molecular complexity index is 976. The van der Waals surface area contributed by atoms with Crippen molar-refractivity contribution in [3.8, 4) is 0 Å². The highest BCUT2D eigenvalue weighted by Gasteiger charge is 2.30. The second-order valence-corrected chi connectivity index (χ2v) is 11.0. The van der Waals surface area contributed by atoms with Crippen LogP contribution in [0, 0.1) is 5.92 Å². The van der Waals surface area contributed by atoms with Crippen molar-refractivity contribution in [1.29, 1.82) is 0 Å². The van der Waals surface area contributed by atoms with Crippen LogP contribution in [0.2, 0.25) is 0 Å². The maximum atomic E-state index is 2.76. The highest BCUT2D eigenvalue weighted by atomic mass is 15.2. The lowest BCUT2D eigenvalue weighted by molar-refractivity contribution is 0.175. The number of rotatable bonds is 15. The normalized spacial score (nSPS) is 11.6. The Morgan fingerprint density at radius 1 is 0.421 bits per heavy atom. The SMILES string of the molecule is CC(C)CCCCCCCCN(C(c1ccccc1)c1ccccc1)C(c1ccccc1)c1ccccc1. The molecule has 4 aromatic rings. The van der Waals surface area contributed by atoms with Crippen molar-refractivity contribution in [2.45, 2.75) is 70.9 Å². The van der Waals surface area contributed by atoms with Gasteiger partial charge in [-0.1, -0.05) is 174 Å². The maximum Gasteiger partial charge on any atom is 0.0610 e. The first-order valence-electron chi connectivity index (χ1n) is 14.7. The molecule has 0 unspecified atom stereocenters. The Labute approximate surface area is 231 Å². The third-order valence-corrected chi connectivity index (χ3v) is 7.57. The predicted molar refractivity (Wildman–Crippen MR) is 163 cm³/mol. The van der Waals surface area contributed by atoms with Crippen molar-refractivity contribution in [1.82, 2.24) is 4.90 Å². The van der Waals surface area contributed by atoms with E-state index in [4.69, 9.17) is 0 Å². The predicted octanol–water partition coefficient (Wildman–Crippen LogP) is 10.3. The summed E-state index contributed by atoms with van der Waals surface area (Å²) in [6.45, 7) is 5.72. The van der Waals surface area contributed by atoms with Crippen molar-refractivity contribution in [3.63, 3.8) is 0 Å². The molecule has 4 aromatic carbocycles. The second kappa shape index (κ2) is 15.3. The van der Waals surface area contributed by atoms with E-state index in [9.17, 15) is 0 Å². The molecule has 0 heterocycles. The zero-order chi connectivity index (χ0) is 26.4. The van der Waals surface area contributed by atoms with Gasteiger partial charge in [0, 0.05) is 6.54 Å².